The van der Waals surface area contributed by atoms with Crippen LogP contribution in [0.4, 0.5) is 13.9 Å². The van der Waals surface area contributed by atoms with Crippen LogP contribution in [0.5, 0.6) is 5.75 Å². The van der Waals surface area contributed by atoms with E-state index in [1.165, 1.54) is 34.8 Å². The first-order valence-corrected chi connectivity index (χ1v) is 13.3. The Labute approximate surface area is 198 Å². The van der Waals surface area contributed by atoms with E-state index in [1.54, 1.807) is 19.1 Å². The van der Waals surface area contributed by atoms with Crippen molar-refractivity contribution in [2.24, 2.45) is 0 Å². The smallest absolute Gasteiger partial charge is 0.387 e. The molecule has 1 aromatic carbocycles. The quantitative estimate of drug-likeness (QED) is 0.438. The van der Waals surface area contributed by atoms with E-state index in [4.69, 9.17) is 0 Å². The third-order valence-electron chi connectivity index (χ3n) is 4.39. The minimum absolute atomic E-state index is 0.0494. The van der Waals surface area contributed by atoms with Gasteiger partial charge in [0.2, 0.25) is 10.0 Å². The molecule has 0 radical (unpaired) electrons. The standard InChI is InChI=1S/C20H22F2N4O4S3/c1-12-17(18(27)25-33(3,28)29)24-20(32-12)26(10-15-11-31-13(2)23-15)9-8-14-4-6-16(7-5-14)30-19(21)22/h4-7,11,19H,8-10H2,1-3H3,(H,25,27). The SMILES string of the molecule is Cc1nc(CN(CCc2ccc(OC(F)F)cc2)c2nc(C(=O)NS(C)(=O)=O)c(C)s2)cs1. The van der Waals surface area contributed by atoms with Gasteiger partial charge in [0.15, 0.2) is 5.13 Å². The molecule has 2 aromatic heterocycles. The number of sulfonamides is 1. The third-order valence-corrected chi connectivity index (χ3v) is 6.80. The van der Waals surface area contributed by atoms with Gasteiger partial charge in [-0.05, 0) is 38.0 Å². The van der Waals surface area contributed by atoms with Gasteiger partial charge in [-0.25, -0.2) is 23.1 Å². The molecule has 0 spiro atoms. The largest absolute Gasteiger partial charge is 0.435 e. The van der Waals surface area contributed by atoms with Crippen molar-refractivity contribution in [1.29, 1.82) is 0 Å². The van der Waals surface area contributed by atoms with Crippen molar-refractivity contribution in [2.75, 3.05) is 17.7 Å². The maximum absolute atomic E-state index is 12.4. The Bertz CT molecular complexity index is 1210. The Balaban J connectivity index is 1.80. The monoisotopic (exact) mass is 516 g/mol. The molecule has 0 saturated heterocycles. The summed E-state index contributed by atoms with van der Waals surface area (Å²) in [7, 11) is -3.72. The van der Waals surface area contributed by atoms with Crippen molar-refractivity contribution in [3.8, 4) is 5.75 Å². The summed E-state index contributed by atoms with van der Waals surface area (Å²) in [6.07, 6.45) is 1.48. The average Bonchev–Trinajstić information content (AvgIpc) is 3.29. The first-order chi connectivity index (χ1) is 15.5. The molecule has 0 bridgehead atoms. The van der Waals surface area contributed by atoms with Crippen LogP contribution in [-0.4, -0.2) is 43.7 Å². The molecular formula is C20H22F2N4O4S3. The Morgan fingerprint density at radius 3 is 2.48 bits per heavy atom. The molecule has 0 saturated carbocycles. The van der Waals surface area contributed by atoms with E-state index in [9.17, 15) is 22.0 Å². The topological polar surface area (TPSA) is 101 Å². The van der Waals surface area contributed by atoms with Gasteiger partial charge in [0.25, 0.3) is 5.91 Å². The van der Waals surface area contributed by atoms with E-state index < -0.39 is 22.5 Å². The number of ether oxygens (including phenoxy) is 1. The van der Waals surface area contributed by atoms with Gasteiger partial charge in [0.1, 0.15) is 11.4 Å². The highest BCUT2D eigenvalue weighted by molar-refractivity contribution is 7.89. The molecule has 178 valence electrons. The fourth-order valence-corrected chi connectivity index (χ4v) is 4.93. The van der Waals surface area contributed by atoms with Crippen LogP contribution in [0, 0.1) is 13.8 Å². The average molecular weight is 517 g/mol. The van der Waals surface area contributed by atoms with Crippen molar-refractivity contribution >= 4 is 43.7 Å². The van der Waals surface area contributed by atoms with Crippen molar-refractivity contribution < 1.29 is 26.7 Å². The van der Waals surface area contributed by atoms with Gasteiger partial charge in [-0.2, -0.15) is 8.78 Å². The molecular weight excluding hydrogens is 494 g/mol. The molecule has 1 amide bonds. The second-order valence-electron chi connectivity index (χ2n) is 7.16. The molecule has 0 aliphatic rings. The second-order valence-corrected chi connectivity index (χ2v) is 11.1. The molecule has 0 fully saturated rings. The van der Waals surface area contributed by atoms with Crippen molar-refractivity contribution in [1.82, 2.24) is 14.7 Å². The van der Waals surface area contributed by atoms with E-state index in [2.05, 4.69) is 14.7 Å². The summed E-state index contributed by atoms with van der Waals surface area (Å²) in [5, 5.41) is 3.41. The lowest BCUT2D eigenvalue weighted by molar-refractivity contribution is -0.0498. The van der Waals surface area contributed by atoms with Gasteiger partial charge in [-0.15, -0.1) is 22.7 Å². The zero-order valence-corrected chi connectivity index (χ0v) is 20.5. The molecule has 13 heteroatoms. The normalized spacial score (nSPS) is 11.6. The fourth-order valence-electron chi connectivity index (χ4n) is 2.97. The number of thiazole rings is 2. The number of alkyl halides is 2. The molecule has 2 heterocycles. The molecule has 1 N–H and O–H groups in total. The number of nitrogens with zero attached hydrogens (tertiary/aromatic N) is 3. The molecule has 0 atom stereocenters. The number of halogens is 2. The summed E-state index contributed by atoms with van der Waals surface area (Å²) >= 11 is 2.80. The van der Waals surface area contributed by atoms with E-state index in [0.717, 1.165) is 22.5 Å². The number of hydrogen-bond donors (Lipinski definition) is 1. The second kappa shape index (κ2) is 10.5. The molecule has 0 aliphatic carbocycles. The lowest BCUT2D eigenvalue weighted by atomic mass is 10.1. The predicted molar refractivity (Wildman–Crippen MR) is 124 cm³/mol. The molecule has 33 heavy (non-hydrogen) atoms. The number of carbonyl (C=O) groups excluding carboxylic acids is 1. The third kappa shape index (κ3) is 7.44. The number of benzene rings is 1. The zero-order valence-electron chi connectivity index (χ0n) is 18.0. The highest BCUT2D eigenvalue weighted by Gasteiger charge is 2.22. The van der Waals surface area contributed by atoms with Crippen molar-refractivity contribution in [2.45, 2.75) is 33.4 Å². The van der Waals surface area contributed by atoms with E-state index in [0.29, 0.717) is 29.5 Å². The maximum atomic E-state index is 12.4. The van der Waals surface area contributed by atoms with E-state index in [-0.39, 0.29) is 11.4 Å². The van der Waals surface area contributed by atoms with Crippen LogP contribution in [0.15, 0.2) is 29.6 Å². The first kappa shape index (κ1) is 25.0. The molecule has 8 nitrogen and oxygen atoms in total. The Morgan fingerprint density at radius 1 is 1.21 bits per heavy atom. The van der Waals surface area contributed by atoms with Gasteiger partial charge in [0, 0.05) is 16.8 Å². The minimum atomic E-state index is -3.72. The van der Waals surface area contributed by atoms with Gasteiger partial charge < -0.3 is 9.64 Å². The summed E-state index contributed by atoms with van der Waals surface area (Å²) in [6.45, 7) is 1.67. The van der Waals surface area contributed by atoms with Gasteiger partial charge in [0.05, 0.1) is 23.5 Å². The number of aromatic nitrogens is 2. The zero-order chi connectivity index (χ0) is 24.2. The van der Waals surface area contributed by atoms with Gasteiger partial charge >= 0.3 is 6.61 Å². The number of carbonyl (C=O) groups is 1. The number of hydrogen-bond acceptors (Lipinski definition) is 9. The van der Waals surface area contributed by atoms with Crippen LogP contribution in [-0.2, 0) is 23.0 Å². The predicted octanol–water partition coefficient (Wildman–Crippen LogP) is 3.76. The maximum Gasteiger partial charge on any atom is 0.387 e. The van der Waals surface area contributed by atoms with Crippen molar-refractivity contribution in [3.63, 3.8) is 0 Å². The molecule has 0 aliphatic heterocycles. The van der Waals surface area contributed by atoms with Gasteiger partial charge in [-0.1, -0.05) is 12.1 Å². The van der Waals surface area contributed by atoms with Crippen LogP contribution in [0.25, 0.3) is 0 Å². The molecule has 3 rings (SSSR count). The number of nitrogens with one attached hydrogen (secondary N) is 1. The summed E-state index contributed by atoms with van der Waals surface area (Å²) in [6, 6.07) is 6.38. The number of rotatable bonds is 10. The Morgan fingerprint density at radius 2 is 1.91 bits per heavy atom. The lowest BCUT2D eigenvalue weighted by Gasteiger charge is -2.21. The van der Waals surface area contributed by atoms with Crippen molar-refractivity contribution in [3.05, 3.63) is 56.5 Å². The molecule has 0 unspecified atom stereocenters. The number of amides is 1. The van der Waals surface area contributed by atoms with Crippen LogP contribution in [0.3, 0.4) is 0 Å². The van der Waals surface area contributed by atoms with E-state index in [1.807, 2.05) is 21.9 Å². The first-order valence-electron chi connectivity index (χ1n) is 9.69. The summed E-state index contributed by atoms with van der Waals surface area (Å²) < 4.78 is 53.9. The van der Waals surface area contributed by atoms with Crippen LogP contribution >= 0.6 is 22.7 Å². The molecule has 3 aromatic rings. The minimum Gasteiger partial charge on any atom is -0.435 e. The summed E-state index contributed by atoms with van der Waals surface area (Å²) in [4.78, 5) is 23.7. The van der Waals surface area contributed by atoms with Crippen LogP contribution in [0.2, 0.25) is 0 Å². The van der Waals surface area contributed by atoms with Crippen LogP contribution in [0.1, 0.15) is 31.6 Å². The highest BCUT2D eigenvalue weighted by Crippen LogP contribution is 2.28. The highest BCUT2D eigenvalue weighted by atomic mass is 32.2. The van der Waals surface area contributed by atoms with E-state index >= 15 is 0 Å². The van der Waals surface area contributed by atoms with Crippen LogP contribution < -0.4 is 14.4 Å². The number of anilines is 1. The number of aryl methyl sites for hydroxylation is 2. The fraction of sp³-hybridized carbons (Fsp3) is 0.350. The lowest BCUT2D eigenvalue weighted by Crippen LogP contribution is -2.30. The van der Waals surface area contributed by atoms with Gasteiger partial charge in [-0.3, -0.25) is 4.79 Å². The summed E-state index contributed by atoms with van der Waals surface area (Å²) in [5.74, 6) is -0.697. The summed E-state index contributed by atoms with van der Waals surface area (Å²) in [5.41, 5.74) is 1.79. The Hall–Kier alpha value is -2.64. The Kier molecular flexibility index (Phi) is 7.97.